The Morgan fingerprint density at radius 1 is 0.951 bits per heavy atom. The Morgan fingerprint density at radius 2 is 1.59 bits per heavy atom. The predicted octanol–water partition coefficient (Wildman–Crippen LogP) is 4.84. The predicted molar refractivity (Wildman–Crippen MR) is 135 cm³/mol. The Morgan fingerprint density at radius 3 is 2.22 bits per heavy atom. The van der Waals surface area contributed by atoms with Crippen molar-refractivity contribution in [2.24, 2.45) is 0 Å². The molecule has 3 aromatic rings. The Balaban J connectivity index is 1.44. The van der Waals surface area contributed by atoms with Gasteiger partial charge in [-0.15, -0.1) is 13.2 Å². The Labute approximate surface area is 230 Å². The summed E-state index contributed by atoms with van der Waals surface area (Å²) in [6.07, 6.45) is -10.9. The zero-order valence-electron chi connectivity index (χ0n) is 21.1. The lowest BCUT2D eigenvalue weighted by atomic mass is 9.95. The van der Waals surface area contributed by atoms with Crippen molar-refractivity contribution in [1.82, 2.24) is 10.0 Å². The van der Waals surface area contributed by atoms with Crippen molar-refractivity contribution in [3.8, 4) is 17.2 Å². The van der Waals surface area contributed by atoms with Gasteiger partial charge in [0.15, 0.2) is 11.5 Å². The molecule has 0 amide bonds. The van der Waals surface area contributed by atoms with Crippen LogP contribution in [0.5, 0.6) is 17.2 Å². The molecule has 41 heavy (non-hydrogen) atoms. The number of nitrogens with one attached hydrogen (secondary N) is 2. The van der Waals surface area contributed by atoms with Gasteiger partial charge in [-0.2, -0.15) is 13.2 Å². The van der Waals surface area contributed by atoms with E-state index >= 15 is 0 Å². The van der Waals surface area contributed by atoms with Gasteiger partial charge in [0.2, 0.25) is 10.0 Å². The summed E-state index contributed by atoms with van der Waals surface area (Å²) in [7, 11) is -4.31. The molecule has 15 heteroatoms. The number of rotatable bonds is 5. The maximum Gasteiger partial charge on any atom is 0.573 e. The van der Waals surface area contributed by atoms with E-state index in [1.807, 2.05) is 0 Å². The number of hydrogen-bond acceptors (Lipinski definition) is 7. The first kappa shape index (κ1) is 29.0. The summed E-state index contributed by atoms with van der Waals surface area (Å²) in [5.74, 6) is -0.439. The van der Waals surface area contributed by atoms with E-state index in [1.54, 1.807) is 30.0 Å². The number of hydrogen-bond donors (Lipinski definition) is 3. The van der Waals surface area contributed by atoms with E-state index in [-0.39, 0.29) is 35.2 Å². The zero-order valence-corrected chi connectivity index (χ0v) is 21.9. The lowest BCUT2D eigenvalue weighted by molar-refractivity contribution is -0.274. The van der Waals surface area contributed by atoms with E-state index in [0.29, 0.717) is 5.69 Å². The highest BCUT2D eigenvalue weighted by molar-refractivity contribution is 7.89. The minimum Gasteiger partial charge on any atom is -0.453 e. The van der Waals surface area contributed by atoms with E-state index in [2.05, 4.69) is 14.8 Å². The molecule has 2 aliphatic heterocycles. The molecule has 1 saturated heterocycles. The molecular weight excluding hydrogens is 580 g/mol. The summed E-state index contributed by atoms with van der Waals surface area (Å²) >= 11 is 0. The number of halogens is 6. The SMILES string of the molecule is Cc1ccc2c(c1)Oc1cc(C(F)(F)F)ccc1N2[C@H]1CNCC(NS(=O)(=O)c2ccc(OC(F)(F)F)cc2)[C@@H]1O. The second kappa shape index (κ2) is 10.4. The van der Waals surface area contributed by atoms with Gasteiger partial charge in [-0.3, -0.25) is 0 Å². The molecule has 0 spiro atoms. The molecule has 0 saturated carbocycles. The molecule has 8 nitrogen and oxygen atoms in total. The normalized spacial score (nSPS) is 21.1. The summed E-state index contributed by atoms with van der Waals surface area (Å²) in [5, 5.41) is 14.4. The van der Waals surface area contributed by atoms with Gasteiger partial charge in [-0.25, -0.2) is 13.1 Å². The van der Waals surface area contributed by atoms with E-state index in [0.717, 1.165) is 42.0 Å². The van der Waals surface area contributed by atoms with Gasteiger partial charge in [0.1, 0.15) is 5.75 Å². The second-order valence-electron chi connectivity index (χ2n) is 9.59. The van der Waals surface area contributed by atoms with Crippen LogP contribution in [-0.2, 0) is 16.2 Å². The standard InChI is InChI=1S/C26H23F6N3O5S/c1-14-2-8-19-22(10-14)39-23-11-15(25(27,28)29)3-9-20(23)35(19)21-13-33-12-18(24(21)36)34-41(37,38)17-6-4-16(5-7-17)40-26(30,31)32/h2-11,18,21,24,33-34,36H,12-13H2,1H3/t18?,21-,24-/m0/s1. The lowest BCUT2D eigenvalue weighted by Gasteiger charge is -2.45. The molecule has 0 aliphatic carbocycles. The van der Waals surface area contributed by atoms with Crippen LogP contribution in [0.4, 0.5) is 37.7 Å². The molecule has 3 N–H and O–H groups in total. The molecule has 0 radical (unpaired) electrons. The number of benzene rings is 3. The summed E-state index contributed by atoms with van der Waals surface area (Å²) < 4.78 is 116. The number of aryl methyl sites for hydroxylation is 1. The third-order valence-electron chi connectivity index (χ3n) is 6.67. The number of fused-ring (bicyclic) bond motifs is 2. The number of alkyl halides is 6. The van der Waals surface area contributed by atoms with Crippen LogP contribution in [-0.4, -0.2) is 51.2 Å². The maximum absolute atomic E-state index is 13.4. The van der Waals surface area contributed by atoms with Gasteiger partial charge in [-0.1, -0.05) is 6.07 Å². The number of sulfonamides is 1. The highest BCUT2D eigenvalue weighted by Gasteiger charge is 2.42. The van der Waals surface area contributed by atoms with Gasteiger partial charge in [0, 0.05) is 13.1 Å². The molecule has 3 aromatic carbocycles. The molecule has 3 atom stereocenters. The average Bonchev–Trinajstić information content (AvgIpc) is 2.87. The largest absolute Gasteiger partial charge is 0.573 e. The number of ether oxygens (including phenoxy) is 2. The van der Waals surface area contributed by atoms with E-state index in [9.17, 15) is 39.9 Å². The van der Waals surface area contributed by atoms with Crippen molar-refractivity contribution < 1.29 is 49.3 Å². The molecule has 1 unspecified atom stereocenters. The molecule has 0 bridgehead atoms. The van der Waals surface area contributed by atoms with Crippen LogP contribution in [0.3, 0.4) is 0 Å². The molecule has 2 aliphatic rings. The molecule has 1 fully saturated rings. The first-order chi connectivity index (χ1) is 19.1. The summed E-state index contributed by atoms with van der Waals surface area (Å²) in [4.78, 5) is 1.24. The Bertz CT molecular complexity index is 1550. The Hall–Kier alpha value is -3.53. The van der Waals surface area contributed by atoms with Gasteiger partial charge in [0.05, 0.1) is 40.0 Å². The van der Waals surface area contributed by atoms with E-state index in [4.69, 9.17) is 4.74 Å². The minimum atomic E-state index is -4.95. The van der Waals surface area contributed by atoms with Crippen LogP contribution in [0.15, 0.2) is 65.6 Å². The van der Waals surface area contributed by atoms with Crippen molar-refractivity contribution in [3.63, 3.8) is 0 Å². The van der Waals surface area contributed by atoms with E-state index in [1.165, 1.54) is 6.07 Å². The molecular formula is C26H23F6N3O5S. The number of anilines is 2. The maximum atomic E-state index is 13.4. The van der Waals surface area contributed by atoms with Crippen molar-refractivity contribution in [1.29, 1.82) is 0 Å². The van der Waals surface area contributed by atoms with Crippen LogP contribution >= 0.6 is 0 Å². The second-order valence-corrected chi connectivity index (χ2v) is 11.3. The van der Waals surface area contributed by atoms with Gasteiger partial charge >= 0.3 is 12.5 Å². The van der Waals surface area contributed by atoms with Crippen molar-refractivity contribution in [2.75, 3.05) is 18.0 Å². The monoisotopic (exact) mass is 603 g/mol. The number of nitrogens with zero attached hydrogens (tertiary/aromatic N) is 1. The fourth-order valence-electron chi connectivity index (χ4n) is 4.82. The summed E-state index contributed by atoms with van der Waals surface area (Å²) in [5.41, 5.74) is 0.548. The quantitative estimate of drug-likeness (QED) is 0.359. The molecule has 2 heterocycles. The fraction of sp³-hybridized carbons (Fsp3) is 0.308. The lowest BCUT2D eigenvalue weighted by Crippen LogP contribution is -2.64. The topological polar surface area (TPSA) is 100 Å². The van der Waals surface area contributed by atoms with Crippen LogP contribution in [0.1, 0.15) is 11.1 Å². The van der Waals surface area contributed by atoms with Gasteiger partial charge in [0.25, 0.3) is 0 Å². The van der Waals surface area contributed by atoms with Crippen molar-refractivity contribution in [3.05, 3.63) is 71.8 Å². The highest BCUT2D eigenvalue weighted by Crippen LogP contribution is 2.50. The zero-order chi connectivity index (χ0) is 29.7. The number of aliphatic hydroxyl groups is 1. The van der Waals surface area contributed by atoms with Crippen LogP contribution in [0, 0.1) is 6.92 Å². The van der Waals surface area contributed by atoms with Crippen LogP contribution in [0.25, 0.3) is 0 Å². The average molecular weight is 604 g/mol. The first-order valence-corrected chi connectivity index (χ1v) is 13.7. The van der Waals surface area contributed by atoms with E-state index < -0.39 is 52.1 Å². The number of aliphatic hydroxyl groups excluding tert-OH is 1. The van der Waals surface area contributed by atoms with Gasteiger partial charge < -0.3 is 24.8 Å². The third kappa shape index (κ3) is 6.07. The van der Waals surface area contributed by atoms with Gasteiger partial charge in [-0.05, 0) is 67.1 Å². The Kier molecular flexibility index (Phi) is 7.34. The smallest absolute Gasteiger partial charge is 0.453 e. The highest BCUT2D eigenvalue weighted by atomic mass is 32.2. The first-order valence-electron chi connectivity index (χ1n) is 12.2. The molecule has 5 rings (SSSR count). The fourth-order valence-corrected chi connectivity index (χ4v) is 6.07. The molecule has 220 valence electrons. The minimum absolute atomic E-state index is 0.00285. The van der Waals surface area contributed by atoms with Crippen molar-refractivity contribution in [2.45, 2.75) is 42.5 Å². The van der Waals surface area contributed by atoms with Crippen LogP contribution < -0.4 is 24.4 Å². The summed E-state index contributed by atoms with van der Waals surface area (Å²) in [6, 6.07) is 9.66. The summed E-state index contributed by atoms with van der Waals surface area (Å²) in [6.45, 7) is 1.91. The molecule has 0 aromatic heterocycles. The van der Waals surface area contributed by atoms with Crippen molar-refractivity contribution >= 4 is 21.4 Å². The van der Waals surface area contributed by atoms with Crippen LogP contribution in [0.2, 0.25) is 0 Å². The third-order valence-corrected chi connectivity index (χ3v) is 8.18. The number of piperidine rings is 1.